The topological polar surface area (TPSA) is 142 Å². The molecule has 1 unspecified atom stereocenters. The molecule has 0 radical (unpaired) electrons. The highest BCUT2D eigenvalue weighted by Gasteiger charge is 2.40. The van der Waals surface area contributed by atoms with E-state index in [0.717, 1.165) is 25.9 Å². The van der Waals surface area contributed by atoms with Crippen molar-refractivity contribution in [1.82, 2.24) is 10.2 Å². The Morgan fingerprint density at radius 1 is 1.20 bits per heavy atom. The van der Waals surface area contributed by atoms with Gasteiger partial charge in [0.2, 0.25) is 0 Å². The van der Waals surface area contributed by atoms with Gasteiger partial charge in [-0.25, -0.2) is 9.59 Å². The number of amides is 1. The summed E-state index contributed by atoms with van der Waals surface area (Å²) in [6, 6.07) is 3.72. The van der Waals surface area contributed by atoms with Crippen molar-refractivity contribution in [2.45, 2.75) is 31.8 Å². The number of ether oxygens (including phenoxy) is 1. The molecule has 3 saturated heterocycles. The molecule has 4 rings (SSSR count). The molecule has 3 heterocycles. The molecule has 1 aromatic rings. The standard InChI is InChI=1S/C16H22ClN3O2.C4H4O4/c1-9-15(10-3-5-20(9)6-4-10)19-16(21)11-7-12(17)13(18)8-14(11)22-2;5-3(6)1-2-4(7)8/h7-10,15H,3-6,18H2,1-2H3,(H,19,21);1-2H,(H,5,6)(H,7,8)/b;2-1+/t9-,15?;/m1./s1. The summed E-state index contributed by atoms with van der Waals surface area (Å²) in [4.78, 5) is 34.2. The number of carbonyl (C=O) groups excluding carboxylic acids is 1. The van der Waals surface area contributed by atoms with Gasteiger partial charge in [0.25, 0.3) is 5.91 Å². The number of benzene rings is 1. The van der Waals surface area contributed by atoms with Crippen molar-refractivity contribution in [3.63, 3.8) is 0 Å². The fourth-order valence-electron chi connectivity index (χ4n) is 3.83. The number of nitrogen functional groups attached to an aromatic ring is 1. The number of anilines is 1. The van der Waals surface area contributed by atoms with Crippen molar-refractivity contribution in [2.75, 3.05) is 25.9 Å². The van der Waals surface area contributed by atoms with E-state index in [2.05, 4.69) is 17.1 Å². The van der Waals surface area contributed by atoms with Crippen molar-refractivity contribution >= 4 is 35.1 Å². The minimum absolute atomic E-state index is 0.149. The molecule has 3 aliphatic heterocycles. The second-order valence-electron chi connectivity index (χ2n) is 7.20. The second kappa shape index (κ2) is 10.3. The molecule has 30 heavy (non-hydrogen) atoms. The van der Waals surface area contributed by atoms with E-state index < -0.39 is 11.9 Å². The fraction of sp³-hybridized carbons (Fsp3) is 0.450. The molecule has 164 valence electrons. The average Bonchev–Trinajstić information content (AvgIpc) is 2.71. The van der Waals surface area contributed by atoms with Crippen molar-refractivity contribution < 1.29 is 29.3 Å². The fourth-order valence-corrected chi connectivity index (χ4v) is 4.00. The van der Waals surface area contributed by atoms with Gasteiger partial charge in [0, 0.05) is 30.3 Å². The molecule has 1 aromatic carbocycles. The first kappa shape index (κ1) is 23.5. The van der Waals surface area contributed by atoms with E-state index in [9.17, 15) is 14.4 Å². The predicted octanol–water partition coefficient (Wildman–Crippen LogP) is 1.86. The molecule has 3 aliphatic rings. The van der Waals surface area contributed by atoms with Gasteiger partial charge in [0.05, 0.1) is 23.4 Å². The smallest absolute Gasteiger partial charge is 0.328 e. The summed E-state index contributed by atoms with van der Waals surface area (Å²) in [6.07, 6.45) is 3.41. The summed E-state index contributed by atoms with van der Waals surface area (Å²) in [5.41, 5.74) is 6.61. The molecule has 3 fully saturated rings. The van der Waals surface area contributed by atoms with E-state index in [-0.39, 0.29) is 11.9 Å². The monoisotopic (exact) mass is 439 g/mol. The number of nitrogens with two attached hydrogens (primary N) is 1. The zero-order valence-corrected chi connectivity index (χ0v) is 17.6. The van der Waals surface area contributed by atoms with E-state index in [1.165, 1.54) is 7.11 Å². The van der Waals surface area contributed by atoms with Gasteiger partial charge < -0.3 is 26.0 Å². The number of hydrogen-bond donors (Lipinski definition) is 4. The average molecular weight is 440 g/mol. The summed E-state index contributed by atoms with van der Waals surface area (Å²) in [7, 11) is 1.52. The number of carbonyl (C=O) groups is 3. The molecule has 2 bridgehead atoms. The maximum atomic E-state index is 12.7. The maximum Gasteiger partial charge on any atom is 0.328 e. The lowest BCUT2D eigenvalue weighted by Crippen LogP contribution is -2.62. The predicted molar refractivity (Wildman–Crippen MR) is 112 cm³/mol. The Balaban J connectivity index is 0.000000343. The molecule has 0 saturated carbocycles. The number of carboxylic acid groups (broad SMARTS) is 2. The van der Waals surface area contributed by atoms with Crippen molar-refractivity contribution in [1.29, 1.82) is 0 Å². The van der Waals surface area contributed by atoms with Gasteiger partial charge >= 0.3 is 11.9 Å². The minimum Gasteiger partial charge on any atom is -0.496 e. The van der Waals surface area contributed by atoms with Crippen molar-refractivity contribution in [2.24, 2.45) is 5.92 Å². The van der Waals surface area contributed by atoms with Gasteiger partial charge in [-0.1, -0.05) is 11.6 Å². The number of piperidine rings is 3. The van der Waals surface area contributed by atoms with Gasteiger partial charge in [-0.2, -0.15) is 0 Å². The summed E-state index contributed by atoms with van der Waals surface area (Å²) in [5.74, 6) is -1.66. The second-order valence-corrected chi connectivity index (χ2v) is 7.60. The zero-order chi connectivity index (χ0) is 22.4. The SMILES string of the molecule is COc1cc(N)c(Cl)cc1C(=O)NC1C2CCN(CC2)[C@@H]1C.O=C(O)/C=C/C(=O)O. The molecular formula is C20H26ClN3O6. The van der Waals surface area contributed by atoms with Crippen LogP contribution in [0.15, 0.2) is 24.3 Å². The van der Waals surface area contributed by atoms with E-state index in [1.807, 2.05) is 0 Å². The summed E-state index contributed by atoms with van der Waals surface area (Å²) in [5, 5.41) is 19.2. The summed E-state index contributed by atoms with van der Waals surface area (Å²) < 4.78 is 5.27. The molecule has 0 spiro atoms. The van der Waals surface area contributed by atoms with Gasteiger partial charge in [-0.05, 0) is 44.8 Å². The molecule has 2 atom stereocenters. The number of carboxylic acids is 2. The number of aliphatic carboxylic acids is 2. The van der Waals surface area contributed by atoms with Crippen LogP contribution in [0.1, 0.15) is 30.1 Å². The highest BCUT2D eigenvalue weighted by atomic mass is 35.5. The van der Waals surface area contributed by atoms with E-state index in [1.54, 1.807) is 12.1 Å². The van der Waals surface area contributed by atoms with Crippen LogP contribution in [0.3, 0.4) is 0 Å². The molecule has 5 N–H and O–H groups in total. The van der Waals surface area contributed by atoms with Crippen molar-refractivity contribution in [3.05, 3.63) is 34.9 Å². The third kappa shape index (κ3) is 5.87. The van der Waals surface area contributed by atoms with Crippen molar-refractivity contribution in [3.8, 4) is 5.75 Å². The van der Waals surface area contributed by atoms with Crippen LogP contribution in [-0.4, -0.2) is 65.2 Å². The van der Waals surface area contributed by atoms with Gasteiger partial charge in [-0.15, -0.1) is 0 Å². The van der Waals surface area contributed by atoms with Gasteiger partial charge in [0.15, 0.2) is 0 Å². The lowest BCUT2D eigenvalue weighted by atomic mass is 9.79. The Bertz CT molecular complexity index is 818. The first-order chi connectivity index (χ1) is 14.1. The Morgan fingerprint density at radius 3 is 2.23 bits per heavy atom. The van der Waals surface area contributed by atoms with E-state index in [4.69, 9.17) is 32.3 Å². The third-order valence-corrected chi connectivity index (χ3v) is 5.73. The molecular weight excluding hydrogens is 414 g/mol. The van der Waals surface area contributed by atoms with E-state index >= 15 is 0 Å². The van der Waals surface area contributed by atoms with Crippen LogP contribution < -0.4 is 15.8 Å². The molecule has 0 aliphatic carbocycles. The minimum atomic E-state index is -1.26. The van der Waals surface area contributed by atoms with Crippen LogP contribution >= 0.6 is 11.6 Å². The molecule has 1 amide bonds. The summed E-state index contributed by atoms with van der Waals surface area (Å²) >= 11 is 6.05. The lowest BCUT2D eigenvalue weighted by molar-refractivity contribution is -0.134. The van der Waals surface area contributed by atoms with Gasteiger partial charge in [-0.3, -0.25) is 9.69 Å². The number of nitrogens with one attached hydrogen (secondary N) is 1. The normalized spacial score (nSPS) is 24.6. The summed E-state index contributed by atoms with van der Waals surface area (Å²) in [6.45, 7) is 4.45. The maximum absolute atomic E-state index is 12.7. The zero-order valence-electron chi connectivity index (χ0n) is 16.8. The number of halogens is 1. The van der Waals surface area contributed by atoms with Gasteiger partial charge in [0.1, 0.15) is 5.75 Å². The highest BCUT2D eigenvalue weighted by Crippen LogP contribution is 2.33. The number of fused-ring (bicyclic) bond motifs is 3. The quantitative estimate of drug-likeness (QED) is 0.402. The number of rotatable bonds is 5. The number of hydrogen-bond acceptors (Lipinski definition) is 6. The largest absolute Gasteiger partial charge is 0.496 e. The molecule has 9 nitrogen and oxygen atoms in total. The Morgan fingerprint density at radius 2 is 1.77 bits per heavy atom. The van der Waals surface area contributed by atoms with Crippen LogP contribution in [-0.2, 0) is 9.59 Å². The highest BCUT2D eigenvalue weighted by molar-refractivity contribution is 6.33. The molecule has 10 heteroatoms. The third-order valence-electron chi connectivity index (χ3n) is 5.41. The number of methoxy groups -OCH3 is 1. The number of nitrogens with zero attached hydrogens (tertiary/aromatic N) is 1. The Hall–Kier alpha value is -2.78. The Labute approximate surface area is 179 Å². The molecule has 0 aromatic heterocycles. The Kier molecular flexibility index (Phi) is 8.08. The van der Waals surface area contributed by atoms with Crippen LogP contribution in [0.5, 0.6) is 5.75 Å². The first-order valence-electron chi connectivity index (χ1n) is 9.45. The van der Waals surface area contributed by atoms with Crippen LogP contribution in [0, 0.1) is 5.92 Å². The van der Waals surface area contributed by atoms with E-state index in [0.29, 0.717) is 46.1 Å². The lowest BCUT2D eigenvalue weighted by Gasteiger charge is -2.49. The van der Waals surface area contributed by atoms with Crippen LogP contribution in [0.2, 0.25) is 5.02 Å². The first-order valence-corrected chi connectivity index (χ1v) is 9.83. The van der Waals surface area contributed by atoms with Crippen LogP contribution in [0.4, 0.5) is 5.69 Å². The van der Waals surface area contributed by atoms with Crippen LogP contribution in [0.25, 0.3) is 0 Å².